The summed E-state index contributed by atoms with van der Waals surface area (Å²) >= 11 is 6.20. The second-order valence-corrected chi connectivity index (χ2v) is 6.75. The van der Waals surface area contributed by atoms with E-state index in [2.05, 4.69) is 14.8 Å². The highest BCUT2D eigenvalue weighted by Crippen LogP contribution is 2.28. The van der Waals surface area contributed by atoms with E-state index in [0.29, 0.717) is 16.9 Å². The predicted octanol–water partition coefficient (Wildman–Crippen LogP) is 1.86. The Kier molecular flexibility index (Phi) is 5.04. The molecule has 0 unspecified atom stereocenters. The topological polar surface area (TPSA) is 76.9 Å². The Hall–Kier alpha value is -1.37. The Labute approximate surface area is 140 Å². The highest BCUT2D eigenvalue weighted by atomic mass is 35.5. The first-order valence-corrected chi connectivity index (χ1v) is 8.48. The molecule has 0 bridgehead atoms. The summed E-state index contributed by atoms with van der Waals surface area (Å²) in [4.78, 5) is 19.7. The molecule has 2 saturated heterocycles. The number of carbonyl (C=O) groups is 1. The van der Waals surface area contributed by atoms with Crippen LogP contribution in [0.1, 0.15) is 36.0 Å². The number of likely N-dealkylation sites (tertiary alicyclic amines) is 1. The standard InChI is InChI=1S/C16H22ClN3O3/c17-14-8-11(16(22)23)9-18-15(14)19-6-3-12(4-7-19)20-5-1-2-13(21)10-20/h8-9,12-13,21H,1-7,10H2,(H,22,23)/t13-/m0/s1. The molecule has 3 heterocycles. The lowest BCUT2D eigenvalue weighted by molar-refractivity contribution is 0.0398. The zero-order valence-corrected chi connectivity index (χ0v) is 13.7. The van der Waals surface area contributed by atoms with E-state index < -0.39 is 5.97 Å². The second kappa shape index (κ2) is 7.03. The normalized spacial score (nSPS) is 23.9. The first kappa shape index (κ1) is 16.5. The van der Waals surface area contributed by atoms with E-state index >= 15 is 0 Å². The van der Waals surface area contributed by atoms with Crippen molar-refractivity contribution in [1.29, 1.82) is 0 Å². The van der Waals surface area contributed by atoms with Crippen LogP contribution in [0.4, 0.5) is 5.82 Å². The second-order valence-electron chi connectivity index (χ2n) is 6.34. The van der Waals surface area contributed by atoms with Gasteiger partial charge in [-0.05, 0) is 38.3 Å². The molecule has 2 aliphatic rings. The average molecular weight is 340 g/mol. The number of aromatic carboxylic acids is 1. The van der Waals surface area contributed by atoms with Gasteiger partial charge in [-0.25, -0.2) is 9.78 Å². The van der Waals surface area contributed by atoms with Gasteiger partial charge in [-0.15, -0.1) is 0 Å². The van der Waals surface area contributed by atoms with E-state index in [1.807, 2.05) is 0 Å². The van der Waals surface area contributed by atoms with Crippen molar-refractivity contribution >= 4 is 23.4 Å². The molecule has 6 nitrogen and oxygen atoms in total. The largest absolute Gasteiger partial charge is 0.478 e. The fourth-order valence-electron chi connectivity index (χ4n) is 3.54. The lowest BCUT2D eigenvalue weighted by Gasteiger charge is -2.41. The molecule has 2 fully saturated rings. The lowest BCUT2D eigenvalue weighted by Crippen LogP contribution is -2.49. The highest BCUT2D eigenvalue weighted by molar-refractivity contribution is 6.33. The summed E-state index contributed by atoms with van der Waals surface area (Å²) in [6.07, 6.45) is 5.14. The van der Waals surface area contributed by atoms with E-state index in [1.54, 1.807) is 0 Å². The molecule has 0 amide bonds. The van der Waals surface area contributed by atoms with Crippen LogP contribution in [-0.4, -0.2) is 64.4 Å². The number of aliphatic hydroxyl groups excluding tert-OH is 1. The molecule has 0 aromatic carbocycles. The third-order valence-corrected chi connectivity index (χ3v) is 5.06. The van der Waals surface area contributed by atoms with Crippen LogP contribution in [0, 0.1) is 0 Å². The molecule has 0 aliphatic carbocycles. The number of halogens is 1. The number of β-amino-alcohol motifs (C(OH)–C–C–N with tert-alkyl or cyclic N) is 1. The summed E-state index contributed by atoms with van der Waals surface area (Å²) < 4.78 is 0. The van der Waals surface area contributed by atoms with Crippen LogP contribution in [-0.2, 0) is 0 Å². The Morgan fingerprint density at radius 2 is 2.00 bits per heavy atom. The first-order chi connectivity index (χ1) is 11.0. The van der Waals surface area contributed by atoms with Gasteiger partial charge in [0, 0.05) is 31.9 Å². The van der Waals surface area contributed by atoms with Gasteiger partial charge < -0.3 is 15.1 Å². The number of hydrogen-bond acceptors (Lipinski definition) is 5. The molecule has 23 heavy (non-hydrogen) atoms. The van der Waals surface area contributed by atoms with Crippen LogP contribution < -0.4 is 4.90 Å². The van der Waals surface area contributed by atoms with Gasteiger partial charge in [0.05, 0.1) is 16.7 Å². The zero-order chi connectivity index (χ0) is 16.4. The van der Waals surface area contributed by atoms with Crippen molar-refractivity contribution < 1.29 is 15.0 Å². The molecule has 0 radical (unpaired) electrons. The average Bonchev–Trinajstić information content (AvgIpc) is 2.55. The van der Waals surface area contributed by atoms with Crippen molar-refractivity contribution in [3.63, 3.8) is 0 Å². The molecule has 1 aromatic heterocycles. The Bertz CT molecular complexity index is 576. The number of aliphatic hydroxyl groups is 1. The van der Waals surface area contributed by atoms with E-state index in [1.165, 1.54) is 12.3 Å². The van der Waals surface area contributed by atoms with E-state index in [-0.39, 0.29) is 11.7 Å². The van der Waals surface area contributed by atoms with E-state index in [4.69, 9.17) is 16.7 Å². The van der Waals surface area contributed by atoms with Crippen LogP contribution in [0.15, 0.2) is 12.3 Å². The van der Waals surface area contributed by atoms with Crippen molar-refractivity contribution in [3.8, 4) is 0 Å². The fourth-order valence-corrected chi connectivity index (χ4v) is 3.82. The number of carboxylic acid groups (broad SMARTS) is 1. The highest BCUT2D eigenvalue weighted by Gasteiger charge is 2.29. The Morgan fingerprint density at radius 3 is 2.61 bits per heavy atom. The molecule has 0 saturated carbocycles. The van der Waals surface area contributed by atoms with Crippen LogP contribution in [0.2, 0.25) is 5.02 Å². The number of pyridine rings is 1. The maximum Gasteiger partial charge on any atom is 0.337 e. The van der Waals surface area contributed by atoms with Crippen molar-refractivity contribution in [2.75, 3.05) is 31.1 Å². The molecule has 7 heteroatoms. The number of hydrogen-bond donors (Lipinski definition) is 2. The van der Waals surface area contributed by atoms with Gasteiger partial charge in [-0.2, -0.15) is 0 Å². The predicted molar refractivity (Wildman–Crippen MR) is 88.3 cm³/mol. The van der Waals surface area contributed by atoms with Crippen molar-refractivity contribution in [1.82, 2.24) is 9.88 Å². The minimum atomic E-state index is -1.02. The van der Waals surface area contributed by atoms with Gasteiger partial charge in [-0.1, -0.05) is 11.6 Å². The summed E-state index contributed by atoms with van der Waals surface area (Å²) in [7, 11) is 0. The van der Waals surface area contributed by atoms with E-state index in [9.17, 15) is 9.90 Å². The molecule has 3 rings (SSSR count). The number of carboxylic acids is 1. The maximum atomic E-state index is 10.9. The van der Waals surface area contributed by atoms with Crippen LogP contribution in [0.25, 0.3) is 0 Å². The smallest absolute Gasteiger partial charge is 0.337 e. The number of aromatic nitrogens is 1. The molecular weight excluding hydrogens is 318 g/mol. The molecule has 1 atom stereocenters. The fraction of sp³-hybridized carbons (Fsp3) is 0.625. The number of piperidine rings is 2. The van der Waals surface area contributed by atoms with E-state index in [0.717, 1.165) is 51.9 Å². The molecule has 2 N–H and O–H groups in total. The summed E-state index contributed by atoms with van der Waals surface area (Å²) in [5.74, 6) is -0.359. The van der Waals surface area contributed by atoms with Crippen LogP contribution in [0.5, 0.6) is 0 Å². The summed E-state index contributed by atoms with van der Waals surface area (Å²) in [6.45, 7) is 3.53. The van der Waals surface area contributed by atoms with Gasteiger partial charge >= 0.3 is 5.97 Å². The van der Waals surface area contributed by atoms with Crippen LogP contribution >= 0.6 is 11.6 Å². The number of nitrogens with zero attached hydrogens (tertiary/aromatic N) is 3. The molecule has 1 aromatic rings. The lowest BCUT2D eigenvalue weighted by atomic mass is 9.99. The summed E-state index contributed by atoms with van der Waals surface area (Å²) in [6, 6.07) is 1.96. The third-order valence-electron chi connectivity index (χ3n) is 4.78. The van der Waals surface area contributed by atoms with Gasteiger partial charge in [0.15, 0.2) is 0 Å². The Morgan fingerprint density at radius 1 is 1.26 bits per heavy atom. The SMILES string of the molecule is O=C(O)c1cnc(N2CCC(N3CCC[C@H](O)C3)CC2)c(Cl)c1. The molecule has 2 aliphatic heterocycles. The summed E-state index contributed by atoms with van der Waals surface area (Å²) in [5, 5.41) is 19.2. The summed E-state index contributed by atoms with van der Waals surface area (Å²) in [5.41, 5.74) is 0.107. The van der Waals surface area contributed by atoms with Crippen molar-refractivity contribution in [2.45, 2.75) is 37.8 Å². The monoisotopic (exact) mass is 339 g/mol. The van der Waals surface area contributed by atoms with Crippen LogP contribution in [0.3, 0.4) is 0 Å². The quantitative estimate of drug-likeness (QED) is 0.875. The molecular formula is C16H22ClN3O3. The zero-order valence-electron chi connectivity index (χ0n) is 13.0. The third kappa shape index (κ3) is 3.76. The van der Waals surface area contributed by atoms with Crippen molar-refractivity contribution in [2.24, 2.45) is 0 Å². The van der Waals surface area contributed by atoms with Gasteiger partial charge in [0.2, 0.25) is 0 Å². The first-order valence-electron chi connectivity index (χ1n) is 8.10. The molecule has 0 spiro atoms. The van der Waals surface area contributed by atoms with Gasteiger partial charge in [-0.3, -0.25) is 4.90 Å². The Balaban J connectivity index is 1.61. The number of anilines is 1. The van der Waals surface area contributed by atoms with Crippen molar-refractivity contribution in [3.05, 3.63) is 22.8 Å². The van der Waals surface area contributed by atoms with Gasteiger partial charge in [0.25, 0.3) is 0 Å². The number of rotatable bonds is 3. The van der Waals surface area contributed by atoms with Gasteiger partial charge in [0.1, 0.15) is 5.82 Å². The minimum absolute atomic E-state index is 0.107. The minimum Gasteiger partial charge on any atom is -0.478 e. The molecule has 126 valence electrons. The maximum absolute atomic E-state index is 10.9.